The Morgan fingerprint density at radius 2 is 2.44 bits per heavy atom. The lowest BCUT2D eigenvalue weighted by Crippen LogP contribution is -2.30. The lowest BCUT2D eigenvalue weighted by atomic mass is 9.99. The van der Waals surface area contributed by atoms with Crippen LogP contribution in [-0.2, 0) is 4.79 Å². The number of aliphatic carboxylic acids is 1. The summed E-state index contributed by atoms with van der Waals surface area (Å²) in [5.41, 5.74) is 1.80. The topological polar surface area (TPSA) is 87.5 Å². The molecule has 94 valence electrons. The quantitative estimate of drug-likeness (QED) is 0.864. The molecule has 6 nitrogen and oxygen atoms in total. The van der Waals surface area contributed by atoms with Gasteiger partial charge in [-0.25, -0.2) is 0 Å². The van der Waals surface area contributed by atoms with Gasteiger partial charge in [-0.15, -0.1) is 0 Å². The Morgan fingerprint density at radius 1 is 1.56 bits per heavy atom. The van der Waals surface area contributed by atoms with Crippen molar-refractivity contribution >= 4 is 40.7 Å². The largest absolute Gasteiger partial charge is 0.481 e. The number of nitrogens with zero attached hydrogens (tertiary/aromatic N) is 3. The molecule has 0 saturated carbocycles. The SMILES string of the molecule is O=C(O)CCSC1=N[C@@H]2c3nsnc3C=C[C@@H]2N1. The lowest BCUT2D eigenvalue weighted by Gasteiger charge is -2.16. The molecule has 1 aliphatic carbocycles. The van der Waals surface area contributed by atoms with Crippen LogP contribution in [0.2, 0.25) is 0 Å². The molecular formula is C10H10N4O2S2. The Kier molecular flexibility index (Phi) is 3.04. The number of carboxylic acid groups (broad SMARTS) is 1. The van der Waals surface area contributed by atoms with Gasteiger partial charge < -0.3 is 10.4 Å². The molecule has 2 aliphatic rings. The molecule has 1 aliphatic heterocycles. The van der Waals surface area contributed by atoms with Crippen molar-refractivity contribution in [3.8, 4) is 0 Å². The highest BCUT2D eigenvalue weighted by atomic mass is 32.2. The summed E-state index contributed by atoms with van der Waals surface area (Å²) in [7, 11) is 0. The Hall–Kier alpha value is -1.41. The van der Waals surface area contributed by atoms with E-state index in [9.17, 15) is 4.79 Å². The molecule has 1 aromatic rings. The average Bonchev–Trinajstić information content (AvgIpc) is 2.92. The van der Waals surface area contributed by atoms with Gasteiger partial charge in [0.05, 0.1) is 24.2 Å². The molecule has 3 rings (SSSR count). The molecule has 0 saturated heterocycles. The minimum Gasteiger partial charge on any atom is -0.481 e. The van der Waals surface area contributed by atoms with Crippen molar-refractivity contribution < 1.29 is 9.90 Å². The molecule has 2 atom stereocenters. The predicted molar refractivity (Wildman–Crippen MR) is 70.8 cm³/mol. The van der Waals surface area contributed by atoms with E-state index in [-0.39, 0.29) is 18.5 Å². The van der Waals surface area contributed by atoms with Gasteiger partial charge in [0.1, 0.15) is 17.4 Å². The number of hydrogen-bond donors (Lipinski definition) is 2. The van der Waals surface area contributed by atoms with Gasteiger partial charge in [0.15, 0.2) is 5.17 Å². The summed E-state index contributed by atoms with van der Waals surface area (Å²) in [6.45, 7) is 0. The van der Waals surface area contributed by atoms with E-state index in [0.717, 1.165) is 16.6 Å². The zero-order valence-corrected chi connectivity index (χ0v) is 10.9. The van der Waals surface area contributed by atoms with Crippen LogP contribution in [0.25, 0.3) is 6.08 Å². The molecule has 0 unspecified atom stereocenters. The van der Waals surface area contributed by atoms with Crippen LogP contribution in [0.15, 0.2) is 11.1 Å². The summed E-state index contributed by atoms with van der Waals surface area (Å²) in [4.78, 5) is 15.0. The van der Waals surface area contributed by atoms with Gasteiger partial charge in [0.2, 0.25) is 0 Å². The van der Waals surface area contributed by atoms with Crippen molar-refractivity contribution in [2.24, 2.45) is 4.99 Å². The Balaban J connectivity index is 1.70. The summed E-state index contributed by atoms with van der Waals surface area (Å²) in [6.07, 6.45) is 4.12. The predicted octanol–water partition coefficient (Wildman–Crippen LogP) is 1.14. The second-order valence-corrected chi connectivity index (χ2v) is 5.55. The Bertz CT molecular complexity index is 540. The van der Waals surface area contributed by atoms with Crippen LogP contribution < -0.4 is 5.32 Å². The van der Waals surface area contributed by atoms with E-state index in [0.29, 0.717) is 5.75 Å². The van der Waals surface area contributed by atoms with Crippen molar-refractivity contribution in [1.82, 2.24) is 14.1 Å². The van der Waals surface area contributed by atoms with Crippen LogP contribution in [-0.4, -0.2) is 36.8 Å². The first kappa shape index (κ1) is 11.7. The maximum Gasteiger partial charge on any atom is 0.304 e. The number of thioether (sulfide) groups is 1. The molecule has 0 spiro atoms. The van der Waals surface area contributed by atoms with Gasteiger partial charge in [0.25, 0.3) is 0 Å². The van der Waals surface area contributed by atoms with E-state index in [4.69, 9.17) is 5.11 Å². The highest BCUT2D eigenvalue weighted by Crippen LogP contribution is 2.34. The summed E-state index contributed by atoms with van der Waals surface area (Å²) >= 11 is 2.63. The third-order valence-electron chi connectivity index (χ3n) is 2.72. The number of aliphatic imine (C=N–C) groups is 1. The molecule has 2 N–H and O–H groups in total. The van der Waals surface area contributed by atoms with Gasteiger partial charge in [-0.05, 0) is 6.08 Å². The van der Waals surface area contributed by atoms with Crippen molar-refractivity contribution in [2.45, 2.75) is 18.5 Å². The van der Waals surface area contributed by atoms with Crippen molar-refractivity contribution in [3.05, 3.63) is 17.5 Å². The fourth-order valence-corrected chi connectivity index (χ4v) is 3.33. The smallest absolute Gasteiger partial charge is 0.304 e. The van der Waals surface area contributed by atoms with Crippen LogP contribution in [0.5, 0.6) is 0 Å². The molecule has 0 aromatic carbocycles. The molecule has 0 fully saturated rings. The highest BCUT2D eigenvalue weighted by Gasteiger charge is 2.34. The zero-order valence-electron chi connectivity index (χ0n) is 9.24. The third-order valence-corrected chi connectivity index (χ3v) is 4.19. The maximum absolute atomic E-state index is 10.5. The molecule has 0 radical (unpaired) electrons. The number of rotatable bonds is 3. The number of carbonyl (C=O) groups is 1. The first-order chi connectivity index (χ1) is 8.74. The van der Waals surface area contributed by atoms with E-state index in [1.165, 1.54) is 23.5 Å². The fourth-order valence-electron chi connectivity index (χ4n) is 1.88. The first-order valence-corrected chi connectivity index (χ1v) is 7.15. The average molecular weight is 282 g/mol. The minimum absolute atomic E-state index is 0.0175. The van der Waals surface area contributed by atoms with Crippen LogP contribution >= 0.6 is 23.5 Å². The summed E-state index contributed by atoms with van der Waals surface area (Å²) < 4.78 is 8.46. The normalized spacial score (nSPS) is 24.1. The highest BCUT2D eigenvalue weighted by molar-refractivity contribution is 8.13. The Labute approximate surface area is 112 Å². The lowest BCUT2D eigenvalue weighted by molar-refractivity contribution is -0.136. The van der Waals surface area contributed by atoms with Crippen LogP contribution in [0, 0.1) is 0 Å². The van der Waals surface area contributed by atoms with E-state index >= 15 is 0 Å². The maximum atomic E-state index is 10.5. The van der Waals surface area contributed by atoms with Gasteiger partial charge >= 0.3 is 5.97 Å². The fraction of sp³-hybridized carbons (Fsp3) is 0.400. The van der Waals surface area contributed by atoms with Crippen molar-refractivity contribution in [3.63, 3.8) is 0 Å². The summed E-state index contributed by atoms with van der Waals surface area (Å²) in [5, 5.41) is 12.7. The van der Waals surface area contributed by atoms with Crippen molar-refractivity contribution in [2.75, 3.05) is 5.75 Å². The monoisotopic (exact) mass is 282 g/mol. The van der Waals surface area contributed by atoms with Crippen molar-refractivity contribution in [1.29, 1.82) is 0 Å². The van der Waals surface area contributed by atoms with E-state index < -0.39 is 5.97 Å². The molecular weight excluding hydrogens is 272 g/mol. The number of fused-ring (bicyclic) bond motifs is 3. The van der Waals surface area contributed by atoms with E-state index in [1.807, 2.05) is 12.2 Å². The number of aromatic nitrogens is 2. The Morgan fingerprint density at radius 3 is 3.28 bits per heavy atom. The molecule has 18 heavy (non-hydrogen) atoms. The third kappa shape index (κ3) is 2.13. The molecule has 2 heterocycles. The zero-order chi connectivity index (χ0) is 12.5. The molecule has 0 bridgehead atoms. The standard InChI is InChI=1S/C10H10N4O2S2/c15-7(16)3-4-17-10-11-5-1-2-6-9(8(5)12-10)14-18-13-6/h1-2,5,8H,3-4H2,(H,11,12)(H,15,16)/t5-,8-/m0/s1. The number of amidine groups is 1. The van der Waals surface area contributed by atoms with Crippen LogP contribution in [0.1, 0.15) is 23.9 Å². The molecule has 1 aromatic heterocycles. The van der Waals surface area contributed by atoms with Gasteiger partial charge in [-0.3, -0.25) is 9.79 Å². The van der Waals surface area contributed by atoms with Crippen LogP contribution in [0.3, 0.4) is 0 Å². The summed E-state index contributed by atoms with van der Waals surface area (Å²) in [6, 6.07) is 0.102. The number of nitrogens with one attached hydrogen (secondary N) is 1. The number of carboxylic acids is 1. The van der Waals surface area contributed by atoms with Gasteiger partial charge in [0, 0.05) is 5.75 Å². The summed E-state index contributed by atoms with van der Waals surface area (Å²) in [5.74, 6) is -0.267. The van der Waals surface area contributed by atoms with E-state index in [1.54, 1.807) is 0 Å². The van der Waals surface area contributed by atoms with Crippen LogP contribution in [0.4, 0.5) is 0 Å². The second kappa shape index (κ2) is 4.69. The minimum atomic E-state index is -0.788. The molecule has 0 amide bonds. The first-order valence-electron chi connectivity index (χ1n) is 5.43. The second-order valence-electron chi connectivity index (χ2n) is 3.94. The molecule has 8 heteroatoms. The van der Waals surface area contributed by atoms with Gasteiger partial charge in [-0.1, -0.05) is 17.8 Å². The van der Waals surface area contributed by atoms with Gasteiger partial charge in [-0.2, -0.15) is 8.75 Å². The number of hydrogen-bond acceptors (Lipinski definition) is 7. The van der Waals surface area contributed by atoms with E-state index in [2.05, 4.69) is 19.1 Å².